The molecule has 22 heavy (non-hydrogen) atoms. The van der Waals surface area contributed by atoms with Crippen LogP contribution in [0.25, 0.3) is 0 Å². The first-order valence-electron chi connectivity index (χ1n) is 9.04. The molecular weight excluding hydrogens is 308 g/mol. The summed E-state index contributed by atoms with van der Waals surface area (Å²) in [7, 11) is 0. The van der Waals surface area contributed by atoms with Crippen LogP contribution >= 0.6 is 23.1 Å². The minimum Gasteiger partial charge on any atom is -0.297 e. The molecule has 1 aromatic rings. The second-order valence-corrected chi connectivity index (χ2v) is 8.52. The Bertz CT molecular complexity index is 373. The van der Waals surface area contributed by atoms with Crippen molar-refractivity contribution in [1.82, 2.24) is 0 Å². The van der Waals surface area contributed by atoms with Gasteiger partial charge in [-0.3, -0.25) is 4.79 Å². The van der Waals surface area contributed by atoms with Gasteiger partial charge in [0.15, 0.2) is 6.29 Å². The molecule has 3 heteroatoms. The lowest BCUT2D eigenvalue weighted by molar-refractivity contribution is 0.112. The van der Waals surface area contributed by atoms with Crippen LogP contribution in [0.4, 0.5) is 0 Å². The van der Waals surface area contributed by atoms with Crippen molar-refractivity contribution in [3.8, 4) is 0 Å². The fraction of sp³-hybridized carbons (Fsp3) is 0.737. The van der Waals surface area contributed by atoms with Crippen molar-refractivity contribution < 1.29 is 4.79 Å². The first-order chi connectivity index (χ1) is 10.9. The second-order valence-electron chi connectivity index (χ2n) is 6.01. The van der Waals surface area contributed by atoms with Gasteiger partial charge in [-0.1, -0.05) is 77.6 Å². The molecule has 0 atom stereocenters. The van der Waals surface area contributed by atoms with Gasteiger partial charge >= 0.3 is 0 Å². The van der Waals surface area contributed by atoms with Gasteiger partial charge in [0.1, 0.15) is 0 Å². The maximum atomic E-state index is 10.6. The van der Waals surface area contributed by atoms with E-state index in [9.17, 15) is 4.79 Å². The summed E-state index contributed by atoms with van der Waals surface area (Å²) in [6.45, 7) is 2.28. The number of unbranched alkanes of at least 4 members (excludes halogenated alkanes) is 11. The molecule has 0 aromatic carbocycles. The molecule has 1 aromatic heterocycles. The molecular formula is C19H32OS2. The van der Waals surface area contributed by atoms with Crippen molar-refractivity contribution in [3.63, 3.8) is 0 Å². The summed E-state index contributed by atoms with van der Waals surface area (Å²) in [5.41, 5.74) is 0. The monoisotopic (exact) mass is 340 g/mol. The number of carbonyl (C=O) groups excluding carboxylic acids is 1. The van der Waals surface area contributed by atoms with Crippen molar-refractivity contribution in [3.05, 3.63) is 17.0 Å². The van der Waals surface area contributed by atoms with Gasteiger partial charge in [0.05, 0.1) is 9.09 Å². The van der Waals surface area contributed by atoms with Crippen LogP contribution < -0.4 is 0 Å². The zero-order chi connectivity index (χ0) is 15.9. The van der Waals surface area contributed by atoms with Crippen LogP contribution in [0.5, 0.6) is 0 Å². The fourth-order valence-electron chi connectivity index (χ4n) is 2.59. The molecule has 0 N–H and O–H groups in total. The number of thioether (sulfide) groups is 1. The number of rotatable bonds is 15. The van der Waals surface area contributed by atoms with Crippen LogP contribution in [0.1, 0.15) is 93.6 Å². The van der Waals surface area contributed by atoms with Crippen LogP contribution in [0, 0.1) is 0 Å². The van der Waals surface area contributed by atoms with Crippen molar-refractivity contribution in [2.24, 2.45) is 0 Å². The third-order valence-electron chi connectivity index (χ3n) is 3.96. The Hall–Kier alpha value is -0.280. The van der Waals surface area contributed by atoms with Crippen molar-refractivity contribution in [1.29, 1.82) is 0 Å². The Kier molecular flexibility index (Phi) is 12.9. The van der Waals surface area contributed by atoms with E-state index in [1.54, 1.807) is 11.3 Å². The molecule has 0 aliphatic rings. The molecule has 0 aliphatic carbocycles. The summed E-state index contributed by atoms with van der Waals surface area (Å²) < 4.78 is 1.28. The summed E-state index contributed by atoms with van der Waals surface area (Å²) in [6, 6.07) is 3.99. The first kappa shape index (κ1) is 19.8. The summed E-state index contributed by atoms with van der Waals surface area (Å²) in [5.74, 6) is 1.19. The highest BCUT2D eigenvalue weighted by Crippen LogP contribution is 2.27. The van der Waals surface area contributed by atoms with E-state index >= 15 is 0 Å². The van der Waals surface area contributed by atoms with E-state index in [2.05, 4.69) is 13.0 Å². The molecule has 1 rings (SSSR count). The van der Waals surface area contributed by atoms with E-state index < -0.39 is 0 Å². The number of hydrogen-bond donors (Lipinski definition) is 0. The molecule has 0 radical (unpaired) electrons. The average Bonchev–Trinajstić information content (AvgIpc) is 3.00. The summed E-state index contributed by atoms with van der Waals surface area (Å²) >= 11 is 3.51. The minimum atomic E-state index is 0.845. The Morgan fingerprint density at radius 2 is 1.41 bits per heavy atom. The van der Waals surface area contributed by atoms with E-state index in [0.717, 1.165) is 11.2 Å². The van der Waals surface area contributed by atoms with Crippen LogP contribution in [0.2, 0.25) is 0 Å². The maximum Gasteiger partial charge on any atom is 0.160 e. The molecule has 0 unspecified atom stereocenters. The number of thiophene rings is 1. The molecule has 0 amide bonds. The van der Waals surface area contributed by atoms with Crippen LogP contribution in [-0.2, 0) is 0 Å². The predicted molar refractivity (Wildman–Crippen MR) is 102 cm³/mol. The summed E-state index contributed by atoms with van der Waals surface area (Å²) in [5, 5.41) is 0. The molecule has 0 fully saturated rings. The minimum absolute atomic E-state index is 0.845. The van der Waals surface area contributed by atoms with Crippen molar-refractivity contribution in [2.45, 2.75) is 88.2 Å². The molecule has 0 saturated carbocycles. The lowest BCUT2D eigenvalue weighted by atomic mass is 10.1. The van der Waals surface area contributed by atoms with Gasteiger partial charge in [-0.2, -0.15) is 0 Å². The zero-order valence-corrected chi connectivity index (χ0v) is 15.8. The highest BCUT2D eigenvalue weighted by molar-refractivity contribution is 8.01. The summed E-state index contributed by atoms with van der Waals surface area (Å²) in [4.78, 5) is 11.5. The first-order valence-corrected chi connectivity index (χ1v) is 10.8. The maximum absolute atomic E-state index is 10.6. The van der Waals surface area contributed by atoms with Crippen molar-refractivity contribution >= 4 is 29.4 Å². The Morgan fingerprint density at radius 3 is 1.91 bits per heavy atom. The quantitative estimate of drug-likeness (QED) is 0.188. The molecule has 126 valence electrons. The van der Waals surface area contributed by atoms with Gasteiger partial charge in [0.2, 0.25) is 0 Å². The van der Waals surface area contributed by atoms with Gasteiger partial charge in [-0.05, 0) is 24.3 Å². The van der Waals surface area contributed by atoms with Gasteiger partial charge in [-0.15, -0.1) is 23.1 Å². The van der Waals surface area contributed by atoms with E-state index in [0.29, 0.717) is 0 Å². The molecule has 0 spiro atoms. The largest absolute Gasteiger partial charge is 0.297 e. The van der Waals surface area contributed by atoms with Crippen LogP contribution in [0.15, 0.2) is 16.3 Å². The summed E-state index contributed by atoms with van der Waals surface area (Å²) in [6.07, 6.45) is 17.8. The van der Waals surface area contributed by atoms with Gasteiger partial charge < -0.3 is 0 Å². The molecule has 0 saturated heterocycles. The lowest BCUT2D eigenvalue weighted by Crippen LogP contribution is -1.83. The standard InChI is InChI=1S/C19H32OS2/c1-2-3-4-5-6-7-8-9-10-11-12-13-16-21-19-15-14-18(17-20)22-19/h14-15,17H,2-13,16H2,1H3. The molecule has 1 heterocycles. The van der Waals surface area contributed by atoms with E-state index in [1.807, 2.05) is 17.8 Å². The SMILES string of the molecule is CCCCCCCCCCCCCCSc1ccc(C=O)s1. The van der Waals surface area contributed by atoms with E-state index in [4.69, 9.17) is 0 Å². The van der Waals surface area contributed by atoms with Gasteiger partial charge in [0.25, 0.3) is 0 Å². The smallest absolute Gasteiger partial charge is 0.160 e. The van der Waals surface area contributed by atoms with Gasteiger partial charge in [-0.25, -0.2) is 0 Å². The van der Waals surface area contributed by atoms with Crippen LogP contribution in [-0.4, -0.2) is 12.0 Å². The molecule has 0 bridgehead atoms. The predicted octanol–water partition coefficient (Wildman–Crippen LogP) is 7.35. The van der Waals surface area contributed by atoms with Crippen LogP contribution in [0.3, 0.4) is 0 Å². The van der Waals surface area contributed by atoms with E-state index in [1.165, 1.54) is 87.0 Å². The highest BCUT2D eigenvalue weighted by Gasteiger charge is 1.99. The Balaban J connectivity index is 1.79. The third-order valence-corrected chi connectivity index (χ3v) is 6.28. The Morgan fingerprint density at radius 1 is 0.864 bits per heavy atom. The number of hydrogen-bond acceptors (Lipinski definition) is 3. The topological polar surface area (TPSA) is 17.1 Å². The fourth-order valence-corrected chi connectivity index (χ4v) is 4.63. The Labute approximate surface area is 145 Å². The zero-order valence-electron chi connectivity index (χ0n) is 14.1. The highest BCUT2D eigenvalue weighted by atomic mass is 32.2. The lowest BCUT2D eigenvalue weighted by Gasteiger charge is -2.02. The van der Waals surface area contributed by atoms with E-state index in [-0.39, 0.29) is 0 Å². The average molecular weight is 341 g/mol. The third kappa shape index (κ3) is 10.4. The molecule has 0 aliphatic heterocycles. The second kappa shape index (κ2) is 14.3. The van der Waals surface area contributed by atoms with Gasteiger partial charge in [0, 0.05) is 0 Å². The van der Waals surface area contributed by atoms with Crippen molar-refractivity contribution in [2.75, 3.05) is 5.75 Å². The normalized spacial score (nSPS) is 11.0. The molecule has 1 nitrogen and oxygen atoms in total. The number of carbonyl (C=O) groups is 1. The number of aldehydes is 1.